The van der Waals surface area contributed by atoms with Crippen LogP contribution in [0.15, 0.2) is 64.0 Å². The number of benzene rings is 2. The molecule has 1 amide bonds. The number of para-hydroxylation sites is 1. The maximum Gasteiger partial charge on any atom is 0.279 e. The van der Waals surface area contributed by atoms with E-state index < -0.39 is 0 Å². The van der Waals surface area contributed by atoms with Gasteiger partial charge in [0, 0.05) is 29.1 Å². The lowest BCUT2D eigenvalue weighted by Gasteiger charge is -2.20. The molecule has 0 aliphatic carbocycles. The molecule has 0 radical (unpaired) electrons. The van der Waals surface area contributed by atoms with Gasteiger partial charge in [-0.3, -0.25) is 9.79 Å². The highest BCUT2D eigenvalue weighted by molar-refractivity contribution is 7.07. The molecule has 1 aromatic heterocycles. The van der Waals surface area contributed by atoms with Gasteiger partial charge in [-0.2, -0.15) is 5.10 Å². The topological polar surface area (TPSA) is 50.0 Å². The fraction of sp³-hybridized carbons (Fsp3) is 0.227. The average Bonchev–Trinajstić information content (AvgIpc) is 3.22. The van der Waals surface area contributed by atoms with E-state index in [0.29, 0.717) is 28.3 Å². The first-order chi connectivity index (χ1) is 14.0. The molecule has 7 heteroatoms. The normalized spacial score (nSPS) is 15.6. The fourth-order valence-electron chi connectivity index (χ4n) is 3.43. The van der Waals surface area contributed by atoms with Crippen molar-refractivity contribution in [1.82, 2.24) is 4.68 Å². The number of hydrogen-bond acceptors (Lipinski definition) is 4. The highest BCUT2D eigenvalue weighted by atomic mass is 32.1. The van der Waals surface area contributed by atoms with Crippen LogP contribution in [0.2, 0.25) is 0 Å². The van der Waals surface area contributed by atoms with E-state index in [1.165, 1.54) is 17.4 Å². The zero-order valence-corrected chi connectivity index (χ0v) is 17.3. The summed E-state index contributed by atoms with van der Waals surface area (Å²) in [5.74, 6) is -0.508. The lowest BCUT2D eigenvalue weighted by Crippen LogP contribution is -2.36. The Balaban J connectivity index is 1.96. The second-order valence-corrected chi connectivity index (χ2v) is 7.74. The predicted octanol–water partition coefficient (Wildman–Crippen LogP) is 4.28. The van der Waals surface area contributed by atoms with Crippen molar-refractivity contribution < 1.29 is 9.18 Å². The Labute approximate surface area is 172 Å². The maximum atomic E-state index is 14.5. The Morgan fingerprint density at radius 1 is 1.07 bits per heavy atom. The highest BCUT2D eigenvalue weighted by Crippen LogP contribution is 2.31. The second-order valence-electron chi connectivity index (χ2n) is 6.90. The van der Waals surface area contributed by atoms with E-state index in [9.17, 15) is 9.18 Å². The standard InChI is InChI=1S/C22H21FN4OS/c1-4-24-22-27(19(13-29-22)15-9-5-7-11-17(15)23)25-20-16-10-6-8-12-18(16)26(14(2)3)21(20)28/h5-14H,4H2,1-3H3. The number of halogens is 1. The Morgan fingerprint density at radius 2 is 1.76 bits per heavy atom. The third-order valence-electron chi connectivity index (χ3n) is 4.69. The van der Waals surface area contributed by atoms with Gasteiger partial charge in [0.2, 0.25) is 4.80 Å². The van der Waals surface area contributed by atoms with Crippen LogP contribution in [0, 0.1) is 5.82 Å². The highest BCUT2D eigenvalue weighted by Gasteiger charge is 2.35. The van der Waals surface area contributed by atoms with E-state index in [1.54, 1.807) is 27.8 Å². The monoisotopic (exact) mass is 408 g/mol. The van der Waals surface area contributed by atoms with Crippen LogP contribution in [0.4, 0.5) is 10.1 Å². The number of thiazole rings is 1. The SMILES string of the molecule is CCN=c1scc(-c2ccccc2F)n1N=C1C(=O)N(C(C)C)c2ccccc21. The molecule has 148 valence electrons. The van der Waals surface area contributed by atoms with Crippen LogP contribution in [-0.4, -0.2) is 28.9 Å². The molecule has 2 aromatic carbocycles. The molecule has 0 atom stereocenters. The molecule has 0 fully saturated rings. The van der Waals surface area contributed by atoms with Gasteiger partial charge in [-0.25, -0.2) is 9.07 Å². The van der Waals surface area contributed by atoms with Gasteiger partial charge in [-0.1, -0.05) is 30.3 Å². The smallest absolute Gasteiger partial charge is 0.279 e. The number of amides is 1. The van der Waals surface area contributed by atoms with Gasteiger partial charge >= 0.3 is 0 Å². The summed E-state index contributed by atoms with van der Waals surface area (Å²) in [4.78, 5) is 20.0. The quantitative estimate of drug-likeness (QED) is 0.636. The van der Waals surface area contributed by atoms with E-state index in [-0.39, 0.29) is 17.8 Å². The third kappa shape index (κ3) is 3.31. The molecule has 5 nitrogen and oxygen atoms in total. The van der Waals surface area contributed by atoms with Crippen molar-refractivity contribution in [2.75, 3.05) is 11.4 Å². The molecule has 0 spiro atoms. The summed E-state index contributed by atoms with van der Waals surface area (Å²) in [7, 11) is 0. The molecule has 0 N–H and O–H groups in total. The predicted molar refractivity (Wildman–Crippen MR) is 115 cm³/mol. The zero-order valence-electron chi connectivity index (χ0n) is 16.5. The molecule has 0 unspecified atom stereocenters. The van der Waals surface area contributed by atoms with Crippen molar-refractivity contribution in [1.29, 1.82) is 0 Å². The van der Waals surface area contributed by atoms with Gasteiger partial charge in [0.05, 0.1) is 11.4 Å². The zero-order chi connectivity index (χ0) is 20.5. The lowest BCUT2D eigenvalue weighted by molar-refractivity contribution is -0.112. The van der Waals surface area contributed by atoms with E-state index in [1.807, 2.05) is 50.4 Å². The molecule has 0 saturated heterocycles. The second kappa shape index (κ2) is 7.75. The van der Waals surface area contributed by atoms with E-state index >= 15 is 0 Å². The first-order valence-corrected chi connectivity index (χ1v) is 10.4. The van der Waals surface area contributed by atoms with Crippen LogP contribution in [0.1, 0.15) is 26.3 Å². The molecule has 0 saturated carbocycles. The minimum absolute atomic E-state index is 0.00494. The van der Waals surface area contributed by atoms with Crippen molar-refractivity contribution >= 4 is 28.6 Å². The number of carbonyl (C=O) groups is 1. The number of nitrogens with zero attached hydrogens (tertiary/aromatic N) is 4. The summed E-state index contributed by atoms with van der Waals surface area (Å²) in [6.07, 6.45) is 0. The van der Waals surface area contributed by atoms with Crippen LogP contribution in [0.25, 0.3) is 11.3 Å². The fourth-order valence-corrected chi connectivity index (χ4v) is 4.31. The number of anilines is 1. The summed E-state index contributed by atoms with van der Waals surface area (Å²) in [6.45, 7) is 6.43. The Bertz CT molecular complexity index is 1180. The number of carbonyl (C=O) groups excluding carboxylic acids is 1. The van der Waals surface area contributed by atoms with Crippen molar-refractivity contribution in [3.05, 3.63) is 70.1 Å². The van der Waals surface area contributed by atoms with Gasteiger partial charge in [0.1, 0.15) is 5.82 Å². The third-order valence-corrected chi connectivity index (χ3v) is 5.54. The molecule has 1 aliphatic heterocycles. The largest absolute Gasteiger partial charge is 0.304 e. The van der Waals surface area contributed by atoms with E-state index in [2.05, 4.69) is 4.99 Å². The molecular formula is C22H21FN4OS. The van der Waals surface area contributed by atoms with Crippen molar-refractivity contribution in [3.8, 4) is 11.3 Å². The van der Waals surface area contributed by atoms with Crippen LogP contribution in [-0.2, 0) is 4.79 Å². The summed E-state index contributed by atoms with van der Waals surface area (Å²) in [5.41, 5.74) is 2.93. The molecular weight excluding hydrogens is 387 g/mol. The number of aromatic nitrogens is 1. The van der Waals surface area contributed by atoms with Crippen molar-refractivity contribution in [3.63, 3.8) is 0 Å². The van der Waals surface area contributed by atoms with Crippen molar-refractivity contribution in [2.24, 2.45) is 10.1 Å². The average molecular weight is 409 g/mol. The maximum absolute atomic E-state index is 14.5. The molecule has 1 aliphatic rings. The minimum atomic E-state index is -0.343. The molecule has 4 rings (SSSR count). The first kappa shape index (κ1) is 19.3. The summed E-state index contributed by atoms with van der Waals surface area (Å²) in [6, 6.07) is 14.1. The number of rotatable bonds is 4. The molecule has 0 bridgehead atoms. The summed E-state index contributed by atoms with van der Waals surface area (Å²) in [5, 5.41) is 6.52. The van der Waals surface area contributed by atoms with Crippen LogP contribution < -0.4 is 9.70 Å². The Kier molecular flexibility index (Phi) is 5.15. The molecule has 2 heterocycles. The van der Waals surface area contributed by atoms with Gasteiger partial charge in [-0.15, -0.1) is 11.3 Å². The van der Waals surface area contributed by atoms with Gasteiger partial charge in [-0.05, 0) is 39.0 Å². The van der Waals surface area contributed by atoms with Crippen LogP contribution >= 0.6 is 11.3 Å². The molecule has 29 heavy (non-hydrogen) atoms. The van der Waals surface area contributed by atoms with E-state index in [4.69, 9.17) is 5.10 Å². The lowest BCUT2D eigenvalue weighted by atomic mass is 10.1. The van der Waals surface area contributed by atoms with Gasteiger partial charge < -0.3 is 4.90 Å². The van der Waals surface area contributed by atoms with Crippen LogP contribution in [0.5, 0.6) is 0 Å². The van der Waals surface area contributed by atoms with Gasteiger partial charge in [0.25, 0.3) is 5.91 Å². The van der Waals surface area contributed by atoms with Gasteiger partial charge in [0.15, 0.2) is 5.71 Å². The Morgan fingerprint density at radius 3 is 2.45 bits per heavy atom. The number of fused-ring (bicyclic) bond motifs is 1. The van der Waals surface area contributed by atoms with E-state index in [0.717, 1.165) is 11.3 Å². The first-order valence-electron chi connectivity index (χ1n) is 9.50. The Hall–Kier alpha value is -3.06. The molecule has 3 aromatic rings. The number of hydrogen-bond donors (Lipinski definition) is 0. The summed E-state index contributed by atoms with van der Waals surface area (Å²) >= 11 is 1.37. The minimum Gasteiger partial charge on any atom is -0.304 e. The van der Waals surface area contributed by atoms with Crippen molar-refractivity contribution in [2.45, 2.75) is 26.8 Å². The van der Waals surface area contributed by atoms with Crippen LogP contribution in [0.3, 0.4) is 0 Å². The summed E-state index contributed by atoms with van der Waals surface area (Å²) < 4.78 is 16.1.